The van der Waals surface area contributed by atoms with Crippen molar-refractivity contribution >= 4 is 17.7 Å². The third-order valence-corrected chi connectivity index (χ3v) is 3.46. The Balaban J connectivity index is 1.95. The van der Waals surface area contributed by atoms with E-state index in [2.05, 4.69) is 17.4 Å². The molecule has 0 fully saturated rings. The molecule has 0 heterocycles. The first-order chi connectivity index (χ1) is 9.33. The van der Waals surface area contributed by atoms with Crippen molar-refractivity contribution < 1.29 is 14.6 Å². The number of hydrogen-bond donors (Lipinski definition) is 2. The standard InChI is InChI=1S/C14H21NO3S/c16-9-11-18-10-8-15-14(17)7-4-12-19-13-5-2-1-3-6-13/h1-3,5-6,16H,4,7-12H2,(H,15,17). The molecule has 0 unspecified atom stereocenters. The van der Waals surface area contributed by atoms with Crippen LogP contribution in [0.1, 0.15) is 12.8 Å². The molecule has 0 bridgehead atoms. The molecule has 1 aromatic rings. The fraction of sp³-hybridized carbons (Fsp3) is 0.500. The minimum atomic E-state index is 0.0185. The quantitative estimate of drug-likeness (QED) is 0.507. The number of carbonyl (C=O) groups is 1. The van der Waals surface area contributed by atoms with E-state index in [0.29, 0.717) is 26.2 Å². The fourth-order valence-corrected chi connectivity index (χ4v) is 2.33. The predicted molar refractivity (Wildman–Crippen MR) is 77.3 cm³/mol. The Morgan fingerprint density at radius 2 is 2.05 bits per heavy atom. The molecule has 1 rings (SSSR count). The van der Waals surface area contributed by atoms with Gasteiger partial charge in [0.05, 0.1) is 19.8 Å². The molecule has 1 amide bonds. The smallest absolute Gasteiger partial charge is 0.220 e. The summed E-state index contributed by atoms with van der Waals surface area (Å²) < 4.78 is 5.05. The molecule has 0 aliphatic heterocycles. The third-order valence-electron chi connectivity index (χ3n) is 2.36. The van der Waals surface area contributed by atoms with Crippen LogP contribution in [0.15, 0.2) is 35.2 Å². The number of thioether (sulfide) groups is 1. The average molecular weight is 283 g/mol. The minimum absolute atomic E-state index is 0.0185. The van der Waals surface area contributed by atoms with Gasteiger partial charge in [-0.25, -0.2) is 0 Å². The molecule has 0 aromatic heterocycles. The second-order valence-electron chi connectivity index (χ2n) is 3.95. The van der Waals surface area contributed by atoms with Crippen molar-refractivity contribution in [3.8, 4) is 0 Å². The summed E-state index contributed by atoms with van der Waals surface area (Å²) >= 11 is 1.76. The summed E-state index contributed by atoms with van der Waals surface area (Å²) in [7, 11) is 0. The van der Waals surface area contributed by atoms with Crippen molar-refractivity contribution in [1.29, 1.82) is 0 Å². The minimum Gasteiger partial charge on any atom is -0.394 e. The summed E-state index contributed by atoms with van der Waals surface area (Å²) in [4.78, 5) is 12.7. The Morgan fingerprint density at radius 1 is 1.26 bits per heavy atom. The van der Waals surface area contributed by atoms with Crippen molar-refractivity contribution in [2.75, 3.05) is 32.1 Å². The van der Waals surface area contributed by atoms with Crippen LogP contribution in [0.3, 0.4) is 0 Å². The van der Waals surface area contributed by atoms with Gasteiger partial charge in [-0.3, -0.25) is 4.79 Å². The van der Waals surface area contributed by atoms with Gasteiger partial charge in [-0.1, -0.05) is 18.2 Å². The SMILES string of the molecule is O=C(CCCSc1ccccc1)NCCOCCO. The first-order valence-electron chi connectivity index (χ1n) is 6.46. The second kappa shape index (κ2) is 10.8. The largest absolute Gasteiger partial charge is 0.394 e. The number of ether oxygens (including phenoxy) is 1. The van der Waals surface area contributed by atoms with Gasteiger partial charge in [0.25, 0.3) is 0 Å². The van der Waals surface area contributed by atoms with Crippen molar-refractivity contribution in [3.63, 3.8) is 0 Å². The number of amides is 1. The molecule has 5 heteroatoms. The molecule has 0 atom stereocenters. The Hall–Kier alpha value is -1.04. The molecule has 0 saturated heterocycles. The highest BCUT2D eigenvalue weighted by Crippen LogP contribution is 2.18. The van der Waals surface area contributed by atoms with Crippen molar-refractivity contribution in [2.24, 2.45) is 0 Å². The summed E-state index contributed by atoms with van der Waals surface area (Å²) in [6.45, 7) is 1.30. The van der Waals surface area contributed by atoms with E-state index in [1.165, 1.54) is 4.90 Å². The first-order valence-corrected chi connectivity index (χ1v) is 7.44. The van der Waals surface area contributed by atoms with Crippen LogP contribution in [0.4, 0.5) is 0 Å². The lowest BCUT2D eigenvalue weighted by Gasteiger charge is -2.05. The summed E-state index contributed by atoms with van der Waals surface area (Å²) in [6.07, 6.45) is 1.41. The molecule has 106 valence electrons. The van der Waals surface area contributed by atoms with Crippen LogP contribution in [0.25, 0.3) is 0 Å². The van der Waals surface area contributed by atoms with E-state index >= 15 is 0 Å². The van der Waals surface area contributed by atoms with E-state index in [1.54, 1.807) is 11.8 Å². The monoisotopic (exact) mass is 283 g/mol. The number of aliphatic hydroxyl groups is 1. The molecule has 1 aromatic carbocycles. The number of carbonyl (C=O) groups excluding carboxylic acids is 1. The Kier molecular flexibility index (Phi) is 9.14. The van der Waals surface area contributed by atoms with Crippen LogP contribution in [0.5, 0.6) is 0 Å². The van der Waals surface area contributed by atoms with Gasteiger partial charge in [-0.2, -0.15) is 0 Å². The van der Waals surface area contributed by atoms with Crippen LogP contribution >= 0.6 is 11.8 Å². The van der Waals surface area contributed by atoms with E-state index < -0.39 is 0 Å². The van der Waals surface area contributed by atoms with Crippen molar-refractivity contribution in [1.82, 2.24) is 5.32 Å². The molecule has 0 spiro atoms. The lowest BCUT2D eigenvalue weighted by Crippen LogP contribution is -2.27. The number of hydrogen-bond acceptors (Lipinski definition) is 4. The van der Waals surface area contributed by atoms with E-state index in [9.17, 15) is 4.79 Å². The Bertz CT molecular complexity index is 346. The van der Waals surface area contributed by atoms with Gasteiger partial charge < -0.3 is 15.2 Å². The zero-order chi connectivity index (χ0) is 13.8. The highest BCUT2D eigenvalue weighted by Gasteiger charge is 2.00. The molecule has 4 nitrogen and oxygen atoms in total. The normalized spacial score (nSPS) is 10.4. The first kappa shape index (κ1) is 16.0. The summed E-state index contributed by atoms with van der Waals surface area (Å²) in [5.41, 5.74) is 0. The number of benzene rings is 1. The van der Waals surface area contributed by atoms with Crippen LogP contribution < -0.4 is 5.32 Å². The molecule has 2 N–H and O–H groups in total. The molecule has 0 radical (unpaired) electrons. The van der Waals surface area contributed by atoms with E-state index in [-0.39, 0.29) is 12.5 Å². The number of aliphatic hydroxyl groups excluding tert-OH is 1. The van der Waals surface area contributed by atoms with Crippen molar-refractivity contribution in [3.05, 3.63) is 30.3 Å². The molecular formula is C14H21NO3S. The number of nitrogens with one attached hydrogen (secondary N) is 1. The maximum absolute atomic E-state index is 11.5. The maximum atomic E-state index is 11.5. The summed E-state index contributed by atoms with van der Waals surface area (Å²) in [5.74, 6) is 1.000. The number of rotatable bonds is 10. The predicted octanol–water partition coefficient (Wildman–Crippen LogP) is 1.68. The lowest BCUT2D eigenvalue weighted by atomic mass is 10.3. The Labute approximate surface area is 118 Å². The molecule has 0 saturated carbocycles. The second-order valence-corrected chi connectivity index (χ2v) is 5.12. The van der Waals surface area contributed by atoms with Gasteiger partial charge in [0.2, 0.25) is 5.91 Å². The highest BCUT2D eigenvalue weighted by molar-refractivity contribution is 7.99. The van der Waals surface area contributed by atoms with Crippen LogP contribution in [0.2, 0.25) is 0 Å². The van der Waals surface area contributed by atoms with Gasteiger partial charge in [0.1, 0.15) is 0 Å². The molecule has 19 heavy (non-hydrogen) atoms. The van der Waals surface area contributed by atoms with Crippen LogP contribution in [-0.2, 0) is 9.53 Å². The fourth-order valence-electron chi connectivity index (χ4n) is 1.46. The van der Waals surface area contributed by atoms with Crippen LogP contribution in [0, 0.1) is 0 Å². The van der Waals surface area contributed by atoms with Crippen LogP contribution in [-0.4, -0.2) is 43.1 Å². The topological polar surface area (TPSA) is 58.6 Å². The lowest BCUT2D eigenvalue weighted by molar-refractivity contribution is -0.121. The zero-order valence-electron chi connectivity index (χ0n) is 11.0. The molecule has 0 aliphatic carbocycles. The van der Waals surface area contributed by atoms with Gasteiger partial charge in [-0.05, 0) is 24.3 Å². The van der Waals surface area contributed by atoms with Gasteiger partial charge in [-0.15, -0.1) is 11.8 Å². The zero-order valence-corrected chi connectivity index (χ0v) is 11.8. The Morgan fingerprint density at radius 3 is 2.79 bits per heavy atom. The third kappa shape index (κ3) is 8.64. The maximum Gasteiger partial charge on any atom is 0.220 e. The van der Waals surface area contributed by atoms with E-state index in [1.807, 2.05) is 18.2 Å². The van der Waals surface area contributed by atoms with Gasteiger partial charge in [0.15, 0.2) is 0 Å². The van der Waals surface area contributed by atoms with E-state index in [0.717, 1.165) is 12.2 Å². The van der Waals surface area contributed by atoms with Crippen molar-refractivity contribution in [2.45, 2.75) is 17.7 Å². The van der Waals surface area contributed by atoms with Gasteiger partial charge >= 0.3 is 0 Å². The van der Waals surface area contributed by atoms with E-state index in [4.69, 9.17) is 9.84 Å². The molecule has 0 aliphatic rings. The average Bonchev–Trinajstić information content (AvgIpc) is 2.44. The molecular weight excluding hydrogens is 262 g/mol. The van der Waals surface area contributed by atoms with Gasteiger partial charge in [0, 0.05) is 17.9 Å². The highest BCUT2D eigenvalue weighted by atomic mass is 32.2. The summed E-state index contributed by atoms with van der Waals surface area (Å²) in [5, 5.41) is 11.3. The summed E-state index contributed by atoms with van der Waals surface area (Å²) in [6, 6.07) is 10.2.